The van der Waals surface area contributed by atoms with Gasteiger partial charge < -0.3 is 20.4 Å². The maximum Gasteiger partial charge on any atom is 0.255 e. The Hall–Kier alpha value is -2.97. The number of benzene rings is 1. The van der Waals surface area contributed by atoms with E-state index in [-0.39, 0.29) is 30.3 Å². The van der Waals surface area contributed by atoms with Gasteiger partial charge in [-0.1, -0.05) is 12.1 Å². The molecule has 0 radical (unpaired) electrons. The van der Waals surface area contributed by atoms with Crippen molar-refractivity contribution in [3.8, 4) is 0 Å². The van der Waals surface area contributed by atoms with Crippen molar-refractivity contribution >= 4 is 17.7 Å². The van der Waals surface area contributed by atoms with E-state index in [0.717, 1.165) is 11.1 Å². The number of hydrogen-bond acceptors (Lipinski definition) is 6. The van der Waals surface area contributed by atoms with Gasteiger partial charge in [0, 0.05) is 31.1 Å². The predicted octanol–water partition coefficient (Wildman–Crippen LogP) is 1.22. The number of carbonyl (C=O) groups excluding carboxylic acids is 3. The van der Waals surface area contributed by atoms with E-state index in [4.69, 9.17) is 10.2 Å². The quantitative estimate of drug-likeness (QED) is 0.632. The molecule has 3 atom stereocenters. The lowest BCUT2D eigenvalue weighted by molar-refractivity contribution is -0.136. The second kappa shape index (κ2) is 7.81. The summed E-state index contributed by atoms with van der Waals surface area (Å²) in [6, 6.07) is 8.31. The SMILES string of the molecule is CC(NCc1cccc2c1CN(C1CCC(=O)NC1=O)C2=O)C(N)c1ccco1. The standard InChI is InChI=1S/C21H24N4O4/c1-12(19(22)17-6-3-9-29-17)23-10-13-4-2-5-14-15(13)11-25(21(14)28)16-7-8-18(26)24-20(16)27/h2-6,9,12,16,19,23H,7-8,10-11,22H2,1H3,(H,24,26,27). The van der Waals surface area contributed by atoms with Gasteiger partial charge in [0.1, 0.15) is 11.8 Å². The van der Waals surface area contributed by atoms with Crippen molar-refractivity contribution in [2.24, 2.45) is 5.73 Å². The average Bonchev–Trinajstić information content (AvgIpc) is 3.35. The Labute approximate surface area is 168 Å². The van der Waals surface area contributed by atoms with E-state index in [1.807, 2.05) is 25.1 Å². The molecule has 0 aliphatic carbocycles. The van der Waals surface area contributed by atoms with Gasteiger partial charge in [0.05, 0.1) is 12.3 Å². The van der Waals surface area contributed by atoms with Gasteiger partial charge in [-0.3, -0.25) is 19.7 Å². The number of imide groups is 1. The molecule has 2 aliphatic heterocycles. The number of nitrogens with two attached hydrogens (primary N) is 1. The van der Waals surface area contributed by atoms with Gasteiger partial charge in [-0.2, -0.15) is 0 Å². The molecule has 3 heterocycles. The van der Waals surface area contributed by atoms with Gasteiger partial charge in [0.25, 0.3) is 5.91 Å². The molecule has 2 aromatic rings. The van der Waals surface area contributed by atoms with Crippen LogP contribution in [0.2, 0.25) is 0 Å². The lowest BCUT2D eigenvalue weighted by atomic mass is 10.0. The summed E-state index contributed by atoms with van der Waals surface area (Å²) in [6.07, 6.45) is 2.20. The van der Waals surface area contributed by atoms with Crippen molar-refractivity contribution in [2.75, 3.05) is 0 Å². The highest BCUT2D eigenvalue weighted by atomic mass is 16.3. The van der Waals surface area contributed by atoms with E-state index in [1.165, 1.54) is 0 Å². The lowest BCUT2D eigenvalue weighted by Gasteiger charge is -2.29. The second-order valence-corrected chi connectivity index (χ2v) is 7.55. The molecule has 4 rings (SSSR count). The van der Waals surface area contributed by atoms with Crippen LogP contribution < -0.4 is 16.4 Å². The Morgan fingerprint density at radius 2 is 2.10 bits per heavy atom. The van der Waals surface area contributed by atoms with E-state index in [0.29, 0.717) is 30.8 Å². The zero-order valence-electron chi connectivity index (χ0n) is 16.2. The summed E-state index contributed by atoms with van der Waals surface area (Å²) in [5.41, 5.74) is 8.75. The number of nitrogens with one attached hydrogen (secondary N) is 2. The first kappa shape index (κ1) is 19.4. The Balaban J connectivity index is 1.47. The summed E-state index contributed by atoms with van der Waals surface area (Å²) in [5.74, 6) is -0.151. The summed E-state index contributed by atoms with van der Waals surface area (Å²) >= 11 is 0. The number of nitrogens with zero attached hydrogens (tertiary/aromatic N) is 1. The van der Waals surface area contributed by atoms with Crippen LogP contribution in [0.3, 0.4) is 0 Å². The first-order chi connectivity index (χ1) is 14.0. The molecule has 1 fully saturated rings. The van der Waals surface area contributed by atoms with Crippen molar-refractivity contribution in [3.63, 3.8) is 0 Å². The first-order valence-electron chi connectivity index (χ1n) is 9.73. The molecule has 2 aliphatic rings. The fraction of sp³-hybridized carbons (Fsp3) is 0.381. The molecule has 3 unspecified atom stereocenters. The van der Waals surface area contributed by atoms with Gasteiger partial charge in [0.2, 0.25) is 11.8 Å². The van der Waals surface area contributed by atoms with Crippen LogP contribution in [0.4, 0.5) is 0 Å². The first-order valence-corrected chi connectivity index (χ1v) is 9.73. The van der Waals surface area contributed by atoms with Gasteiger partial charge >= 0.3 is 0 Å². The number of hydrogen-bond donors (Lipinski definition) is 3. The number of amides is 3. The molecule has 8 nitrogen and oxygen atoms in total. The average molecular weight is 396 g/mol. The molecular weight excluding hydrogens is 372 g/mol. The molecule has 0 spiro atoms. The van der Waals surface area contributed by atoms with Crippen LogP contribution >= 0.6 is 0 Å². The van der Waals surface area contributed by atoms with E-state index in [2.05, 4.69) is 10.6 Å². The molecular formula is C21H24N4O4. The van der Waals surface area contributed by atoms with E-state index >= 15 is 0 Å². The number of carbonyl (C=O) groups is 3. The molecule has 1 saturated heterocycles. The Kier molecular flexibility index (Phi) is 5.21. The third-order valence-corrected chi connectivity index (χ3v) is 5.70. The molecule has 3 amide bonds. The molecule has 29 heavy (non-hydrogen) atoms. The van der Waals surface area contributed by atoms with Gasteiger partial charge in [-0.05, 0) is 42.7 Å². The second-order valence-electron chi connectivity index (χ2n) is 7.55. The van der Waals surface area contributed by atoms with Crippen molar-refractivity contribution in [3.05, 3.63) is 59.0 Å². The van der Waals surface area contributed by atoms with Crippen LogP contribution in [0.25, 0.3) is 0 Å². The van der Waals surface area contributed by atoms with E-state index in [9.17, 15) is 14.4 Å². The third-order valence-electron chi connectivity index (χ3n) is 5.70. The summed E-state index contributed by atoms with van der Waals surface area (Å²) in [5, 5.41) is 5.73. The van der Waals surface area contributed by atoms with Gasteiger partial charge in [0.15, 0.2) is 0 Å². The van der Waals surface area contributed by atoms with E-state index in [1.54, 1.807) is 23.3 Å². The van der Waals surface area contributed by atoms with Crippen LogP contribution in [0.15, 0.2) is 41.0 Å². The Bertz CT molecular complexity index is 940. The Morgan fingerprint density at radius 1 is 1.28 bits per heavy atom. The molecule has 1 aromatic heterocycles. The van der Waals surface area contributed by atoms with Gasteiger partial charge in [-0.15, -0.1) is 0 Å². The Morgan fingerprint density at radius 3 is 2.83 bits per heavy atom. The van der Waals surface area contributed by atoms with Crippen molar-refractivity contribution < 1.29 is 18.8 Å². The highest BCUT2D eigenvalue weighted by Crippen LogP contribution is 2.30. The fourth-order valence-corrected chi connectivity index (χ4v) is 3.94. The number of furan rings is 1. The summed E-state index contributed by atoms with van der Waals surface area (Å²) in [4.78, 5) is 38.1. The van der Waals surface area contributed by atoms with Crippen molar-refractivity contribution in [2.45, 2.75) is 51.0 Å². The highest BCUT2D eigenvalue weighted by Gasteiger charge is 2.39. The van der Waals surface area contributed by atoms with Crippen LogP contribution in [-0.2, 0) is 22.7 Å². The summed E-state index contributed by atoms with van der Waals surface area (Å²) < 4.78 is 5.38. The molecule has 8 heteroatoms. The molecule has 152 valence electrons. The molecule has 1 aromatic carbocycles. The zero-order chi connectivity index (χ0) is 20.5. The molecule has 0 bridgehead atoms. The van der Waals surface area contributed by atoms with Crippen LogP contribution in [0, 0.1) is 0 Å². The third kappa shape index (κ3) is 3.68. The van der Waals surface area contributed by atoms with Crippen LogP contribution in [0.1, 0.15) is 53.1 Å². The topological polar surface area (TPSA) is 118 Å². The zero-order valence-corrected chi connectivity index (χ0v) is 16.2. The van der Waals surface area contributed by atoms with E-state index < -0.39 is 11.9 Å². The minimum Gasteiger partial charge on any atom is -0.468 e. The normalized spacial score (nSPS) is 21.1. The molecule has 0 saturated carbocycles. The van der Waals surface area contributed by atoms with Crippen LogP contribution in [0.5, 0.6) is 0 Å². The highest BCUT2D eigenvalue weighted by molar-refractivity contribution is 6.05. The summed E-state index contributed by atoms with van der Waals surface area (Å²) in [6.45, 7) is 2.88. The number of fused-ring (bicyclic) bond motifs is 1. The number of rotatable bonds is 6. The minimum absolute atomic E-state index is 0.0413. The monoisotopic (exact) mass is 396 g/mol. The fourth-order valence-electron chi connectivity index (χ4n) is 3.94. The van der Waals surface area contributed by atoms with Crippen LogP contribution in [-0.4, -0.2) is 34.7 Å². The van der Waals surface area contributed by atoms with Crippen molar-refractivity contribution in [1.29, 1.82) is 0 Å². The predicted molar refractivity (Wildman–Crippen MR) is 104 cm³/mol. The summed E-state index contributed by atoms with van der Waals surface area (Å²) in [7, 11) is 0. The largest absolute Gasteiger partial charge is 0.468 e. The number of piperidine rings is 1. The van der Waals surface area contributed by atoms with Crippen molar-refractivity contribution in [1.82, 2.24) is 15.5 Å². The maximum absolute atomic E-state index is 12.9. The minimum atomic E-state index is -0.611. The lowest BCUT2D eigenvalue weighted by Crippen LogP contribution is -2.52. The molecule has 4 N–H and O–H groups in total. The maximum atomic E-state index is 12.9. The van der Waals surface area contributed by atoms with Gasteiger partial charge in [-0.25, -0.2) is 0 Å². The smallest absolute Gasteiger partial charge is 0.255 e.